The number of pyridine rings is 1. The number of nitrogens with two attached hydrogens (primary N) is 1. The summed E-state index contributed by atoms with van der Waals surface area (Å²) in [6, 6.07) is 4.86. The van der Waals surface area contributed by atoms with Crippen molar-refractivity contribution < 1.29 is 0 Å². The quantitative estimate of drug-likeness (QED) is 0.872. The Kier molecular flexibility index (Phi) is 5.31. The van der Waals surface area contributed by atoms with E-state index < -0.39 is 0 Å². The van der Waals surface area contributed by atoms with Crippen LogP contribution in [-0.4, -0.2) is 47.0 Å². The van der Waals surface area contributed by atoms with Crippen LogP contribution in [0.3, 0.4) is 0 Å². The molecule has 0 amide bonds. The fraction of sp³-hybridized carbons (Fsp3) is 0.667. The lowest BCUT2D eigenvalue weighted by molar-refractivity contribution is 0.0961. The summed E-state index contributed by atoms with van der Waals surface area (Å²) >= 11 is 0. The lowest BCUT2D eigenvalue weighted by Crippen LogP contribution is -2.49. The van der Waals surface area contributed by atoms with Gasteiger partial charge in [-0.25, -0.2) is 0 Å². The molecule has 2 rings (SSSR count). The molecular weight excluding hydrogens is 236 g/mol. The molecule has 0 aromatic carbocycles. The van der Waals surface area contributed by atoms with Crippen LogP contribution in [-0.2, 0) is 13.1 Å². The largest absolute Gasteiger partial charge is 0.325 e. The highest BCUT2D eigenvalue weighted by Crippen LogP contribution is 2.13. The molecule has 0 bridgehead atoms. The lowest BCUT2D eigenvalue weighted by Gasteiger charge is -2.38. The normalized spacial score (nSPS) is 19.5. The van der Waals surface area contributed by atoms with Gasteiger partial charge in [0.15, 0.2) is 0 Å². The molecule has 4 nitrogen and oxygen atoms in total. The van der Waals surface area contributed by atoms with Crippen molar-refractivity contribution in [1.29, 1.82) is 0 Å². The van der Waals surface area contributed by atoms with E-state index in [-0.39, 0.29) is 0 Å². The number of hydrogen-bond donors (Lipinski definition) is 1. The molecule has 0 spiro atoms. The van der Waals surface area contributed by atoms with E-state index in [4.69, 9.17) is 5.73 Å². The van der Waals surface area contributed by atoms with Crippen molar-refractivity contribution in [3.63, 3.8) is 0 Å². The monoisotopic (exact) mass is 262 g/mol. The summed E-state index contributed by atoms with van der Waals surface area (Å²) in [5.74, 6) is 0. The van der Waals surface area contributed by atoms with Crippen LogP contribution in [0, 0.1) is 0 Å². The van der Waals surface area contributed by atoms with Crippen molar-refractivity contribution in [3.8, 4) is 0 Å². The molecule has 2 N–H and O–H groups in total. The van der Waals surface area contributed by atoms with Gasteiger partial charge in [-0.3, -0.25) is 14.8 Å². The van der Waals surface area contributed by atoms with Gasteiger partial charge in [-0.05, 0) is 25.0 Å². The molecule has 0 radical (unpaired) electrons. The predicted octanol–water partition coefficient (Wildman–Crippen LogP) is 1.46. The standard InChI is InChI=1S/C15H26N4/c1-3-13(2)19-9-7-18(8-10-19)12-14-5-4-6-17-15(14)11-16/h4-6,13H,3,7-12,16H2,1-2H3. The van der Waals surface area contributed by atoms with Gasteiger partial charge in [0.25, 0.3) is 0 Å². The topological polar surface area (TPSA) is 45.4 Å². The molecule has 0 saturated carbocycles. The Hall–Kier alpha value is -0.970. The van der Waals surface area contributed by atoms with E-state index in [0.29, 0.717) is 12.6 Å². The molecule has 19 heavy (non-hydrogen) atoms. The molecule has 1 aromatic heterocycles. The van der Waals surface area contributed by atoms with Crippen LogP contribution in [0.25, 0.3) is 0 Å². The van der Waals surface area contributed by atoms with Gasteiger partial charge in [0, 0.05) is 51.5 Å². The second kappa shape index (κ2) is 6.98. The Morgan fingerprint density at radius 2 is 2.05 bits per heavy atom. The van der Waals surface area contributed by atoms with Gasteiger partial charge in [-0.2, -0.15) is 0 Å². The molecule has 4 heteroatoms. The Bertz CT molecular complexity index is 385. The Morgan fingerprint density at radius 3 is 2.68 bits per heavy atom. The van der Waals surface area contributed by atoms with Crippen LogP contribution >= 0.6 is 0 Å². The molecule has 1 unspecified atom stereocenters. The Balaban J connectivity index is 1.89. The van der Waals surface area contributed by atoms with Crippen molar-refractivity contribution in [2.24, 2.45) is 5.73 Å². The molecule has 1 aliphatic heterocycles. The van der Waals surface area contributed by atoms with Crippen molar-refractivity contribution in [2.45, 2.75) is 39.4 Å². The van der Waals surface area contributed by atoms with E-state index in [2.05, 4.69) is 34.7 Å². The first-order valence-corrected chi connectivity index (χ1v) is 7.33. The number of nitrogens with zero attached hydrogens (tertiary/aromatic N) is 3. The number of rotatable bonds is 5. The maximum absolute atomic E-state index is 5.75. The molecule has 1 atom stereocenters. The first-order chi connectivity index (χ1) is 9.24. The third kappa shape index (κ3) is 3.75. The molecule has 1 aliphatic rings. The number of piperazine rings is 1. The summed E-state index contributed by atoms with van der Waals surface area (Å²) in [5, 5.41) is 0. The first-order valence-electron chi connectivity index (χ1n) is 7.33. The third-order valence-electron chi connectivity index (χ3n) is 4.19. The third-order valence-corrected chi connectivity index (χ3v) is 4.19. The second-order valence-corrected chi connectivity index (χ2v) is 5.38. The average Bonchev–Trinajstić information content (AvgIpc) is 2.48. The molecular formula is C15H26N4. The first kappa shape index (κ1) is 14.4. The number of hydrogen-bond acceptors (Lipinski definition) is 4. The van der Waals surface area contributed by atoms with Gasteiger partial charge >= 0.3 is 0 Å². The highest BCUT2D eigenvalue weighted by atomic mass is 15.3. The van der Waals surface area contributed by atoms with Crippen LogP contribution in [0.4, 0.5) is 0 Å². The van der Waals surface area contributed by atoms with Crippen molar-refractivity contribution in [1.82, 2.24) is 14.8 Å². The number of aromatic nitrogens is 1. The Labute approximate surface area is 116 Å². The van der Waals surface area contributed by atoms with E-state index in [9.17, 15) is 0 Å². The summed E-state index contributed by atoms with van der Waals surface area (Å²) in [4.78, 5) is 9.45. The van der Waals surface area contributed by atoms with E-state index >= 15 is 0 Å². The molecule has 1 aromatic rings. The highest BCUT2D eigenvalue weighted by molar-refractivity contribution is 5.19. The van der Waals surface area contributed by atoms with Crippen molar-refractivity contribution in [3.05, 3.63) is 29.6 Å². The summed E-state index contributed by atoms with van der Waals surface area (Å²) in [5.41, 5.74) is 8.06. The summed E-state index contributed by atoms with van der Waals surface area (Å²) in [7, 11) is 0. The van der Waals surface area contributed by atoms with E-state index in [1.54, 1.807) is 0 Å². The van der Waals surface area contributed by atoms with Gasteiger partial charge in [-0.15, -0.1) is 0 Å². The maximum Gasteiger partial charge on any atom is 0.0584 e. The fourth-order valence-corrected chi connectivity index (χ4v) is 2.66. The Morgan fingerprint density at radius 1 is 1.32 bits per heavy atom. The van der Waals surface area contributed by atoms with Gasteiger partial charge in [0.05, 0.1) is 5.69 Å². The lowest BCUT2D eigenvalue weighted by atomic mass is 10.1. The van der Waals surface area contributed by atoms with E-state index in [1.165, 1.54) is 25.1 Å². The average molecular weight is 262 g/mol. The van der Waals surface area contributed by atoms with Crippen LogP contribution in [0.5, 0.6) is 0 Å². The fourth-order valence-electron chi connectivity index (χ4n) is 2.66. The molecule has 1 saturated heterocycles. The smallest absolute Gasteiger partial charge is 0.0584 e. The van der Waals surface area contributed by atoms with Gasteiger partial charge < -0.3 is 5.73 Å². The molecule has 2 heterocycles. The molecule has 106 valence electrons. The van der Waals surface area contributed by atoms with Crippen LogP contribution in [0.2, 0.25) is 0 Å². The van der Waals surface area contributed by atoms with Crippen LogP contribution < -0.4 is 5.73 Å². The summed E-state index contributed by atoms with van der Waals surface area (Å²) < 4.78 is 0. The summed E-state index contributed by atoms with van der Waals surface area (Å²) in [6.07, 6.45) is 3.06. The van der Waals surface area contributed by atoms with Gasteiger partial charge in [-0.1, -0.05) is 13.0 Å². The minimum Gasteiger partial charge on any atom is -0.325 e. The van der Waals surface area contributed by atoms with Crippen LogP contribution in [0.1, 0.15) is 31.5 Å². The maximum atomic E-state index is 5.75. The van der Waals surface area contributed by atoms with Gasteiger partial charge in [0.1, 0.15) is 0 Å². The van der Waals surface area contributed by atoms with Gasteiger partial charge in [0.2, 0.25) is 0 Å². The van der Waals surface area contributed by atoms with Crippen molar-refractivity contribution in [2.75, 3.05) is 26.2 Å². The molecule has 0 aliphatic carbocycles. The van der Waals surface area contributed by atoms with E-state index in [1.807, 2.05) is 12.3 Å². The van der Waals surface area contributed by atoms with Crippen molar-refractivity contribution >= 4 is 0 Å². The predicted molar refractivity (Wildman–Crippen MR) is 78.7 cm³/mol. The van der Waals surface area contributed by atoms with E-state index in [0.717, 1.165) is 25.3 Å². The van der Waals surface area contributed by atoms with Crippen LogP contribution in [0.15, 0.2) is 18.3 Å². The zero-order valence-corrected chi connectivity index (χ0v) is 12.2. The molecule has 1 fully saturated rings. The minimum absolute atomic E-state index is 0.531. The second-order valence-electron chi connectivity index (χ2n) is 5.38. The zero-order chi connectivity index (χ0) is 13.7. The highest BCUT2D eigenvalue weighted by Gasteiger charge is 2.20. The zero-order valence-electron chi connectivity index (χ0n) is 12.2. The summed E-state index contributed by atoms with van der Waals surface area (Å²) in [6.45, 7) is 10.7. The minimum atomic E-state index is 0.531. The SMILES string of the molecule is CCC(C)N1CCN(Cc2cccnc2CN)CC1.